The van der Waals surface area contributed by atoms with Gasteiger partial charge in [-0.05, 0) is 67.8 Å². The highest BCUT2D eigenvalue weighted by Crippen LogP contribution is 2.42. The number of halogens is 1. The molecule has 5 nitrogen and oxygen atoms in total. The van der Waals surface area contributed by atoms with E-state index in [1.54, 1.807) is 11.3 Å². The molecular weight excluding hydrogens is 452 g/mol. The molecular formula is C26H27ClN4OS. The maximum atomic E-state index is 6.38. The molecule has 1 aliphatic heterocycles. The molecule has 3 heterocycles. The monoisotopic (exact) mass is 478 g/mol. The molecule has 5 rings (SSSR count). The van der Waals surface area contributed by atoms with E-state index in [4.69, 9.17) is 21.3 Å². The van der Waals surface area contributed by atoms with Crippen molar-refractivity contribution in [3.8, 4) is 16.9 Å². The van der Waals surface area contributed by atoms with Crippen molar-refractivity contribution in [3.63, 3.8) is 0 Å². The van der Waals surface area contributed by atoms with Crippen molar-refractivity contribution in [3.05, 3.63) is 64.3 Å². The van der Waals surface area contributed by atoms with Crippen molar-refractivity contribution in [2.45, 2.75) is 20.8 Å². The zero-order valence-electron chi connectivity index (χ0n) is 19.1. The zero-order valence-corrected chi connectivity index (χ0v) is 20.7. The second-order valence-corrected chi connectivity index (χ2v) is 9.84. The minimum Gasteiger partial charge on any atom is -0.494 e. The smallest absolute Gasteiger partial charge is 0.225 e. The Bertz CT molecular complexity index is 1280. The third-order valence-electron chi connectivity index (χ3n) is 6.08. The van der Waals surface area contributed by atoms with E-state index in [2.05, 4.69) is 65.0 Å². The molecule has 0 unspecified atom stereocenters. The van der Waals surface area contributed by atoms with Crippen LogP contribution in [-0.4, -0.2) is 42.8 Å². The molecule has 0 radical (unpaired) electrons. The highest BCUT2D eigenvalue weighted by atomic mass is 35.5. The fourth-order valence-electron chi connectivity index (χ4n) is 4.53. The summed E-state index contributed by atoms with van der Waals surface area (Å²) in [5.74, 6) is 1.81. The van der Waals surface area contributed by atoms with Gasteiger partial charge in [0.15, 0.2) is 0 Å². The largest absolute Gasteiger partial charge is 0.494 e. The van der Waals surface area contributed by atoms with Crippen LogP contribution in [0, 0.1) is 13.8 Å². The molecule has 0 N–H and O–H groups in total. The third-order valence-corrected chi connectivity index (χ3v) is 7.25. The van der Waals surface area contributed by atoms with E-state index in [0.29, 0.717) is 11.9 Å². The van der Waals surface area contributed by atoms with E-state index < -0.39 is 0 Å². The average molecular weight is 479 g/mol. The van der Waals surface area contributed by atoms with Crippen LogP contribution in [0.15, 0.2) is 48.5 Å². The maximum absolute atomic E-state index is 6.38. The number of hydrogen-bond donors (Lipinski definition) is 0. The van der Waals surface area contributed by atoms with E-state index in [0.717, 1.165) is 53.5 Å². The summed E-state index contributed by atoms with van der Waals surface area (Å²) in [6, 6.07) is 17.0. The predicted molar refractivity (Wildman–Crippen MR) is 139 cm³/mol. The Labute approximate surface area is 203 Å². The van der Waals surface area contributed by atoms with Gasteiger partial charge in [0.2, 0.25) is 5.28 Å². The van der Waals surface area contributed by atoms with Gasteiger partial charge >= 0.3 is 0 Å². The highest BCUT2D eigenvalue weighted by Gasteiger charge is 2.25. The number of fused-ring (bicyclic) bond motifs is 1. The molecule has 4 aromatic rings. The van der Waals surface area contributed by atoms with Gasteiger partial charge in [-0.1, -0.05) is 24.3 Å². The Morgan fingerprint density at radius 2 is 1.70 bits per heavy atom. The molecule has 33 heavy (non-hydrogen) atoms. The standard InChI is InChI=1S/C26H27ClN4OS/c1-4-32-21-10-8-19(9-11-21)22-18(3)33-25-23(22)24(28-26(27)29-25)31-14-12-30(13-15-31)20-7-5-6-17(2)16-20/h5-11,16H,4,12-15H2,1-3H3. The lowest BCUT2D eigenvalue weighted by atomic mass is 10.0. The minimum absolute atomic E-state index is 0.304. The number of thiophene rings is 1. The summed E-state index contributed by atoms with van der Waals surface area (Å²) in [4.78, 5) is 16.2. The fourth-order valence-corrected chi connectivity index (χ4v) is 5.78. The lowest BCUT2D eigenvalue weighted by molar-refractivity contribution is 0.340. The molecule has 1 saturated heterocycles. The number of hydrogen-bond acceptors (Lipinski definition) is 6. The second kappa shape index (κ2) is 9.20. The van der Waals surface area contributed by atoms with E-state index in [-0.39, 0.29) is 0 Å². The molecule has 2 aromatic carbocycles. The molecule has 0 saturated carbocycles. The van der Waals surface area contributed by atoms with Gasteiger partial charge in [-0.15, -0.1) is 11.3 Å². The Kier molecular flexibility index (Phi) is 6.13. The Morgan fingerprint density at radius 1 is 0.970 bits per heavy atom. The summed E-state index contributed by atoms with van der Waals surface area (Å²) >= 11 is 8.05. The summed E-state index contributed by atoms with van der Waals surface area (Å²) in [6.45, 7) is 10.6. The van der Waals surface area contributed by atoms with Crippen LogP contribution in [0.2, 0.25) is 5.28 Å². The van der Waals surface area contributed by atoms with E-state index in [1.165, 1.54) is 21.7 Å². The number of nitrogens with zero attached hydrogens (tertiary/aromatic N) is 4. The molecule has 7 heteroatoms. The second-order valence-electron chi connectivity index (χ2n) is 8.30. The number of aromatic nitrogens is 2. The van der Waals surface area contributed by atoms with Gasteiger partial charge in [0.05, 0.1) is 12.0 Å². The first-order valence-electron chi connectivity index (χ1n) is 11.3. The summed E-state index contributed by atoms with van der Waals surface area (Å²) < 4.78 is 5.63. The van der Waals surface area contributed by atoms with Crippen LogP contribution in [0.25, 0.3) is 21.3 Å². The first-order valence-corrected chi connectivity index (χ1v) is 12.5. The number of rotatable bonds is 5. The van der Waals surface area contributed by atoms with Crippen LogP contribution in [-0.2, 0) is 0 Å². The van der Waals surface area contributed by atoms with Gasteiger partial charge in [0.1, 0.15) is 16.4 Å². The topological polar surface area (TPSA) is 41.5 Å². The van der Waals surface area contributed by atoms with Crippen molar-refractivity contribution in [1.29, 1.82) is 0 Å². The predicted octanol–water partition coefficient (Wildman–Crippen LogP) is 6.35. The average Bonchev–Trinajstić information content (AvgIpc) is 3.15. The van der Waals surface area contributed by atoms with Gasteiger partial charge in [0.25, 0.3) is 0 Å². The minimum atomic E-state index is 0.304. The lowest BCUT2D eigenvalue weighted by Crippen LogP contribution is -2.47. The summed E-state index contributed by atoms with van der Waals surface area (Å²) in [6.07, 6.45) is 0. The maximum Gasteiger partial charge on any atom is 0.225 e. The van der Waals surface area contributed by atoms with Crippen LogP contribution in [0.5, 0.6) is 5.75 Å². The van der Waals surface area contributed by atoms with E-state index in [1.807, 2.05) is 19.1 Å². The molecule has 0 spiro atoms. The van der Waals surface area contributed by atoms with Crippen LogP contribution in [0.4, 0.5) is 11.5 Å². The number of anilines is 2. The first kappa shape index (κ1) is 22.0. The van der Waals surface area contributed by atoms with E-state index >= 15 is 0 Å². The molecule has 1 aliphatic rings. The van der Waals surface area contributed by atoms with Crippen molar-refractivity contribution < 1.29 is 4.74 Å². The van der Waals surface area contributed by atoms with Gasteiger partial charge < -0.3 is 14.5 Å². The van der Waals surface area contributed by atoms with Crippen molar-refractivity contribution in [2.75, 3.05) is 42.6 Å². The fraction of sp³-hybridized carbons (Fsp3) is 0.308. The molecule has 0 bridgehead atoms. The van der Waals surface area contributed by atoms with Crippen molar-refractivity contribution in [2.24, 2.45) is 0 Å². The van der Waals surface area contributed by atoms with Gasteiger partial charge in [0, 0.05) is 42.3 Å². The first-order chi connectivity index (χ1) is 16.0. The van der Waals surface area contributed by atoms with Gasteiger partial charge in [-0.2, -0.15) is 4.98 Å². The number of piperazine rings is 1. The molecule has 0 atom stereocenters. The Morgan fingerprint density at radius 3 is 2.39 bits per heavy atom. The van der Waals surface area contributed by atoms with Crippen molar-refractivity contribution >= 4 is 44.7 Å². The van der Waals surface area contributed by atoms with E-state index in [9.17, 15) is 0 Å². The highest BCUT2D eigenvalue weighted by molar-refractivity contribution is 7.19. The Balaban J connectivity index is 1.49. The lowest BCUT2D eigenvalue weighted by Gasteiger charge is -2.37. The number of benzene rings is 2. The molecule has 0 aliphatic carbocycles. The SMILES string of the molecule is CCOc1ccc(-c2c(C)sc3nc(Cl)nc(N4CCN(c5cccc(C)c5)CC4)c23)cc1. The number of aryl methyl sites for hydroxylation is 2. The van der Waals surface area contributed by atoms with Crippen LogP contribution in [0.3, 0.4) is 0 Å². The Hall–Kier alpha value is -2.83. The number of ether oxygens (including phenoxy) is 1. The molecule has 0 amide bonds. The van der Waals surface area contributed by atoms with Crippen molar-refractivity contribution in [1.82, 2.24) is 9.97 Å². The zero-order chi connectivity index (χ0) is 22.9. The van der Waals surface area contributed by atoms with Gasteiger partial charge in [-0.3, -0.25) is 0 Å². The van der Waals surface area contributed by atoms with Crippen LogP contribution < -0.4 is 14.5 Å². The molecule has 1 fully saturated rings. The molecule has 170 valence electrons. The summed E-state index contributed by atoms with van der Waals surface area (Å²) in [5.41, 5.74) is 4.90. The summed E-state index contributed by atoms with van der Waals surface area (Å²) in [7, 11) is 0. The summed E-state index contributed by atoms with van der Waals surface area (Å²) in [5, 5.41) is 1.40. The normalized spacial score (nSPS) is 14.2. The third kappa shape index (κ3) is 4.37. The van der Waals surface area contributed by atoms with Crippen LogP contribution >= 0.6 is 22.9 Å². The van der Waals surface area contributed by atoms with Crippen LogP contribution in [0.1, 0.15) is 17.4 Å². The molecule has 2 aromatic heterocycles. The quantitative estimate of drug-likeness (QED) is 0.312. The van der Waals surface area contributed by atoms with Gasteiger partial charge in [-0.25, -0.2) is 4.98 Å².